The Morgan fingerprint density at radius 3 is 1.10 bits per heavy atom. The van der Waals surface area contributed by atoms with Crippen molar-refractivity contribution in [1.82, 2.24) is 31.9 Å². The van der Waals surface area contributed by atoms with E-state index in [1.165, 1.54) is 36.4 Å². The quantitative estimate of drug-likeness (QED) is 0.0388. The van der Waals surface area contributed by atoms with Gasteiger partial charge in [0.1, 0.15) is 11.5 Å². The van der Waals surface area contributed by atoms with Gasteiger partial charge in [0.25, 0.3) is 34.6 Å². The summed E-state index contributed by atoms with van der Waals surface area (Å²) in [7, 11) is 0. The standard InChI is InChI=1S/C38H34N12O17/c51-31(15-39-33(53)17-43-37(57)21-8-25(47(59)60)13-26(9-21)48(61)62)41-19-35(55)45-23-4-6-29(7-5-23)67-30-3-1-2-24(12-30)46-36(56)20-42-32(52)16-40-34(54)18-44-38(58)22-10-27(49(63)64)14-28(11-22)50(65)66/h1-14H,15-20H2,(H,39,53)(H,40,54)(H,41,51)(H,42,52)(H,43,57)(H,44,58)(H,45,55)(H,46,56). The van der Waals surface area contributed by atoms with Gasteiger partial charge < -0.3 is 47.3 Å². The van der Waals surface area contributed by atoms with Gasteiger partial charge in [0.05, 0.1) is 82.2 Å². The molecule has 67 heavy (non-hydrogen) atoms. The lowest BCUT2D eigenvalue weighted by atomic mass is 10.1. The molecule has 0 bridgehead atoms. The highest BCUT2D eigenvalue weighted by Gasteiger charge is 2.22. The van der Waals surface area contributed by atoms with Gasteiger partial charge in [-0.2, -0.15) is 0 Å². The Labute approximate surface area is 373 Å². The number of carbonyl (C=O) groups excluding carboxylic acids is 8. The van der Waals surface area contributed by atoms with E-state index in [-0.39, 0.29) is 11.4 Å². The van der Waals surface area contributed by atoms with E-state index in [2.05, 4.69) is 42.5 Å². The van der Waals surface area contributed by atoms with Crippen LogP contribution in [0.3, 0.4) is 0 Å². The highest BCUT2D eigenvalue weighted by atomic mass is 16.6. The Hall–Kier alpha value is -9.96. The maximum Gasteiger partial charge on any atom is 0.277 e. The number of amides is 8. The number of nitro benzene ring substituents is 4. The second-order valence-corrected chi connectivity index (χ2v) is 13.2. The molecule has 348 valence electrons. The van der Waals surface area contributed by atoms with E-state index in [9.17, 15) is 78.8 Å². The highest BCUT2D eigenvalue weighted by Crippen LogP contribution is 2.26. The van der Waals surface area contributed by atoms with Gasteiger partial charge in [0, 0.05) is 41.7 Å². The van der Waals surface area contributed by atoms with E-state index in [1.54, 1.807) is 12.1 Å². The van der Waals surface area contributed by atoms with Crippen LogP contribution in [0.25, 0.3) is 0 Å². The average Bonchev–Trinajstić information content (AvgIpc) is 3.30. The van der Waals surface area contributed by atoms with Gasteiger partial charge >= 0.3 is 0 Å². The SMILES string of the molecule is O=C(CNC(=O)CNC(=O)c1cc([N+](=O)[O-])cc([N+](=O)[O-])c1)NCC(=O)Nc1ccc(Oc2cccc(NC(=O)CNC(=O)CNC(=O)CNC(=O)c3cc([N+](=O)[O-])cc([N+](=O)[O-])c3)c2)cc1. The molecule has 0 aliphatic heterocycles. The van der Waals surface area contributed by atoms with Gasteiger partial charge in [-0.3, -0.25) is 78.8 Å². The van der Waals surface area contributed by atoms with Crippen molar-refractivity contribution in [3.63, 3.8) is 0 Å². The largest absolute Gasteiger partial charge is 0.457 e. The predicted octanol–water partition coefficient (Wildman–Crippen LogP) is 0.314. The lowest BCUT2D eigenvalue weighted by Crippen LogP contribution is -2.43. The van der Waals surface area contributed by atoms with Gasteiger partial charge in [-0.1, -0.05) is 6.07 Å². The van der Waals surface area contributed by atoms with Crippen molar-refractivity contribution in [2.24, 2.45) is 0 Å². The van der Waals surface area contributed by atoms with E-state index in [0.29, 0.717) is 23.6 Å². The molecule has 0 heterocycles. The minimum atomic E-state index is -1.03. The second kappa shape index (κ2) is 23.5. The molecule has 0 aliphatic rings. The summed E-state index contributed by atoms with van der Waals surface area (Å²) < 4.78 is 5.79. The minimum Gasteiger partial charge on any atom is -0.457 e. The number of anilines is 2. The van der Waals surface area contributed by atoms with E-state index < -0.39 is 140 Å². The third kappa shape index (κ3) is 16.4. The average molecular weight is 931 g/mol. The summed E-state index contributed by atoms with van der Waals surface area (Å²) in [4.78, 5) is 138. The fraction of sp³-hybridized carbons (Fsp3) is 0.158. The first-order chi connectivity index (χ1) is 31.8. The van der Waals surface area contributed by atoms with Crippen LogP contribution in [0, 0.1) is 40.5 Å². The van der Waals surface area contributed by atoms with Crippen molar-refractivity contribution in [3.8, 4) is 11.5 Å². The lowest BCUT2D eigenvalue weighted by Gasteiger charge is -2.11. The third-order valence-corrected chi connectivity index (χ3v) is 8.27. The predicted molar refractivity (Wildman–Crippen MR) is 226 cm³/mol. The minimum absolute atomic E-state index is 0.278. The maximum absolute atomic E-state index is 12.5. The summed E-state index contributed by atoms with van der Waals surface area (Å²) in [6, 6.07) is 16.6. The van der Waals surface area contributed by atoms with Crippen LogP contribution in [0.15, 0.2) is 84.9 Å². The van der Waals surface area contributed by atoms with Gasteiger partial charge in [-0.15, -0.1) is 0 Å². The number of non-ortho nitro benzene ring substituents is 4. The first kappa shape index (κ1) is 49.7. The third-order valence-electron chi connectivity index (χ3n) is 8.27. The second-order valence-electron chi connectivity index (χ2n) is 13.2. The van der Waals surface area contributed by atoms with Crippen molar-refractivity contribution < 1.29 is 62.8 Å². The number of hydrogen-bond acceptors (Lipinski definition) is 17. The molecule has 4 rings (SSSR count). The zero-order valence-corrected chi connectivity index (χ0v) is 34.1. The van der Waals surface area contributed by atoms with Gasteiger partial charge in [0.2, 0.25) is 35.4 Å². The van der Waals surface area contributed by atoms with Crippen molar-refractivity contribution in [1.29, 1.82) is 0 Å². The highest BCUT2D eigenvalue weighted by molar-refractivity contribution is 6.00. The summed E-state index contributed by atoms with van der Waals surface area (Å²) >= 11 is 0. The molecule has 0 spiro atoms. The number of rotatable bonds is 22. The Morgan fingerprint density at radius 1 is 0.388 bits per heavy atom. The molecule has 0 saturated heterocycles. The monoisotopic (exact) mass is 930 g/mol. The summed E-state index contributed by atoms with van der Waals surface area (Å²) in [6.07, 6.45) is 0. The van der Waals surface area contributed by atoms with Crippen LogP contribution >= 0.6 is 0 Å². The molecule has 4 aromatic carbocycles. The van der Waals surface area contributed by atoms with Crippen LogP contribution in [0.4, 0.5) is 34.1 Å². The molecule has 0 saturated carbocycles. The van der Waals surface area contributed by atoms with E-state index in [0.717, 1.165) is 24.3 Å². The number of ether oxygens (including phenoxy) is 1. The molecule has 0 unspecified atom stereocenters. The van der Waals surface area contributed by atoms with Crippen LogP contribution in [0.5, 0.6) is 11.5 Å². The van der Waals surface area contributed by atoms with Crippen molar-refractivity contribution >= 4 is 81.4 Å². The van der Waals surface area contributed by atoms with E-state index in [1.807, 2.05) is 0 Å². The smallest absolute Gasteiger partial charge is 0.277 e. The van der Waals surface area contributed by atoms with E-state index >= 15 is 0 Å². The fourth-order valence-corrected chi connectivity index (χ4v) is 5.15. The normalized spacial score (nSPS) is 10.2. The topological polar surface area (TPSA) is 415 Å². The number of nitro groups is 4. The van der Waals surface area contributed by atoms with Crippen molar-refractivity contribution in [3.05, 3.63) is 137 Å². The van der Waals surface area contributed by atoms with Crippen LogP contribution in [-0.2, 0) is 28.8 Å². The first-order valence-electron chi connectivity index (χ1n) is 18.7. The molecule has 0 aromatic heterocycles. The van der Waals surface area contributed by atoms with Crippen molar-refractivity contribution in [2.45, 2.75) is 0 Å². The maximum atomic E-state index is 12.5. The van der Waals surface area contributed by atoms with Gasteiger partial charge in [-0.25, -0.2) is 0 Å². The zero-order valence-electron chi connectivity index (χ0n) is 34.1. The Morgan fingerprint density at radius 2 is 0.731 bits per heavy atom. The molecule has 8 amide bonds. The number of benzene rings is 4. The van der Waals surface area contributed by atoms with Gasteiger partial charge in [-0.05, 0) is 36.4 Å². The first-order valence-corrected chi connectivity index (χ1v) is 18.7. The summed E-state index contributed by atoms with van der Waals surface area (Å²) in [5, 5.41) is 62.4. The van der Waals surface area contributed by atoms with Crippen LogP contribution in [0.1, 0.15) is 20.7 Å². The number of nitrogens with zero attached hydrogens (tertiary/aromatic N) is 4. The van der Waals surface area contributed by atoms with Crippen LogP contribution in [0.2, 0.25) is 0 Å². The Bertz CT molecular complexity index is 2590. The number of carbonyl (C=O) groups is 8. The van der Waals surface area contributed by atoms with Crippen molar-refractivity contribution in [2.75, 3.05) is 49.9 Å². The number of nitrogens with one attached hydrogen (secondary N) is 8. The molecule has 0 aliphatic carbocycles. The molecular weight excluding hydrogens is 896 g/mol. The molecule has 0 fully saturated rings. The summed E-state index contributed by atoms with van der Waals surface area (Å²) in [5.74, 6) is -6.02. The summed E-state index contributed by atoms with van der Waals surface area (Å²) in [6.45, 7) is -3.58. The van der Waals surface area contributed by atoms with Crippen LogP contribution in [-0.4, -0.2) is 106 Å². The van der Waals surface area contributed by atoms with Gasteiger partial charge in [0.15, 0.2) is 0 Å². The summed E-state index contributed by atoms with van der Waals surface area (Å²) in [5.41, 5.74) is -3.15. The molecular formula is C38H34N12O17. The molecule has 8 N–H and O–H groups in total. The Kier molecular flexibility index (Phi) is 17.4. The molecule has 0 radical (unpaired) electrons. The zero-order chi connectivity index (χ0) is 49.2. The Balaban J connectivity index is 1.11. The lowest BCUT2D eigenvalue weighted by molar-refractivity contribution is -0.394. The van der Waals surface area contributed by atoms with E-state index in [4.69, 9.17) is 4.74 Å². The van der Waals surface area contributed by atoms with Crippen LogP contribution < -0.4 is 47.3 Å². The fourth-order valence-electron chi connectivity index (χ4n) is 5.15. The molecule has 0 atom stereocenters. The molecule has 29 heteroatoms. The number of hydrogen-bond donors (Lipinski definition) is 8. The molecule has 29 nitrogen and oxygen atoms in total. The molecule has 4 aromatic rings.